The summed E-state index contributed by atoms with van der Waals surface area (Å²) in [6, 6.07) is 15.1. The summed E-state index contributed by atoms with van der Waals surface area (Å²) < 4.78 is 1.93. The Bertz CT molecular complexity index is 860. The van der Waals surface area contributed by atoms with Crippen molar-refractivity contribution in [1.82, 2.24) is 9.55 Å². The van der Waals surface area contributed by atoms with Crippen LogP contribution in [0.1, 0.15) is 5.56 Å². The first kappa shape index (κ1) is 11.9. The van der Waals surface area contributed by atoms with Gasteiger partial charge in [-0.3, -0.25) is 9.36 Å². The Labute approximate surface area is 115 Å². The number of nitrogens with one attached hydrogen (secondary N) is 1. The van der Waals surface area contributed by atoms with Crippen molar-refractivity contribution < 1.29 is 0 Å². The van der Waals surface area contributed by atoms with Crippen molar-refractivity contribution in [3.63, 3.8) is 0 Å². The lowest BCUT2D eigenvalue weighted by Gasteiger charge is -2.08. The molecule has 1 heterocycles. The first-order valence-electron chi connectivity index (χ1n) is 5.98. The molecule has 4 heteroatoms. The second-order valence-corrected chi connectivity index (χ2v) is 4.84. The van der Waals surface area contributed by atoms with Crippen LogP contribution in [0, 0.1) is 11.7 Å². The maximum Gasteiger partial charge on any atom is 0.266 e. The average Bonchev–Trinajstić information content (AvgIpc) is 2.41. The molecule has 0 spiro atoms. The number of benzene rings is 2. The minimum absolute atomic E-state index is 0.0943. The summed E-state index contributed by atoms with van der Waals surface area (Å²) in [5.74, 6) is 0. The predicted octanol–water partition coefficient (Wildman–Crippen LogP) is 3.36. The number of rotatable bonds is 1. The molecule has 0 saturated heterocycles. The second-order valence-electron chi connectivity index (χ2n) is 4.45. The van der Waals surface area contributed by atoms with E-state index in [9.17, 15) is 4.79 Å². The third-order valence-corrected chi connectivity index (χ3v) is 3.38. The van der Waals surface area contributed by atoms with Gasteiger partial charge < -0.3 is 4.98 Å². The Hall–Kier alpha value is -2.20. The molecule has 1 N–H and O–H groups in total. The SMILES string of the molecule is Cc1ccc(-n2c(=S)[nH]c3ccccc3c2=O)cc1. The van der Waals surface area contributed by atoms with Gasteiger partial charge in [0.05, 0.1) is 16.6 Å². The van der Waals surface area contributed by atoms with E-state index in [4.69, 9.17) is 12.2 Å². The van der Waals surface area contributed by atoms with Crippen LogP contribution in [0.5, 0.6) is 0 Å². The van der Waals surface area contributed by atoms with Gasteiger partial charge in [0.25, 0.3) is 5.56 Å². The summed E-state index contributed by atoms with van der Waals surface area (Å²) in [6.07, 6.45) is 0. The first-order chi connectivity index (χ1) is 9.16. The second kappa shape index (κ2) is 4.48. The van der Waals surface area contributed by atoms with Crippen LogP contribution in [-0.2, 0) is 0 Å². The predicted molar refractivity (Wildman–Crippen MR) is 79.5 cm³/mol. The highest BCUT2D eigenvalue weighted by Crippen LogP contribution is 2.11. The van der Waals surface area contributed by atoms with Crippen molar-refractivity contribution in [2.75, 3.05) is 0 Å². The Morgan fingerprint density at radius 1 is 1.05 bits per heavy atom. The molecular formula is C15H12N2OS. The van der Waals surface area contributed by atoms with Crippen LogP contribution in [0.3, 0.4) is 0 Å². The third kappa shape index (κ3) is 2.00. The van der Waals surface area contributed by atoms with E-state index in [1.165, 1.54) is 4.57 Å². The Kier molecular flexibility index (Phi) is 2.80. The highest BCUT2D eigenvalue weighted by atomic mass is 32.1. The van der Waals surface area contributed by atoms with E-state index in [1.54, 1.807) is 6.07 Å². The number of H-pyrrole nitrogens is 1. The number of para-hydroxylation sites is 1. The summed E-state index contributed by atoms with van der Waals surface area (Å²) >= 11 is 5.29. The van der Waals surface area contributed by atoms with E-state index < -0.39 is 0 Å². The zero-order chi connectivity index (χ0) is 13.4. The van der Waals surface area contributed by atoms with Crippen molar-refractivity contribution in [2.24, 2.45) is 0 Å². The van der Waals surface area contributed by atoms with Crippen LogP contribution >= 0.6 is 12.2 Å². The largest absolute Gasteiger partial charge is 0.331 e. The number of fused-ring (bicyclic) bond motifs is 1. The highest BCUT2D eigenvalue weighted by molar-refractivity contribution is 7.71. The molecule has 94 valence electrons. The van der Waals surface area contributed by atoms with E-state index in [1.807, 2.05) is 49.4 Å². The zero-order valence-electron chi connectivity index (χ0n) is 10.4. The van der Waals surface area contributed by atoms with Gasteiger partial charge >= 0.3 is 0 Å². The standard InChI is InChI=1S/C15H12N2OS/c1-10-6-8-11(9-7-10)17-14(18)12-4-2-3-5-13(12)16-15(17)19/h2-9H,1H3,(H,16,19). The zero-order valence-corrected chi connectivity index (χ0v) is 11.2. The lowest BCUT2D eigenvalue weighted by atomic mass is 10.2. The maximum absolute atomic E-state index is 12.5. The smallest absolute Gasteiger partial charge is 0.266 e. The average molecular weight is 268 g/mol. The van der Waals surface area contributed by atoms with E-state index >= 15 is 0 Å². The van der Waals surface area contributed by atoms with Crippen LogP contribution in [0.2, 0.25) is 0 Å². The molecule has 0 amide bonds. The van der Waals surface area contributed by atoms with E-state index in [0.717, 1.165) is 16.8 Å². The van der Waals surface area contributed by atoms with Crippen molar-refractivity contribution in [2.45, 2.75) is 6.92 Å². The number of aryl methyl sites for hydroxylation is 1. The normalized spacial score (nSPS) is 10.8. The maximum atomic E-state index is 12.5. The number of nitrogens with zero attached hydrogens (tertiary/aromatic N) is 1. The highest BCUT2D eigenvalue weighted by Gasteiger charge is 2.06. The van der Waals surface area contributed by atoms with Crippen molar-refractivity contribution >= 4 is 23.1 Å². The van der Waals surface area contributed by atoms with Gasteiger partial charge in [0, 0.05) is 0 Å². The molecular weight excluding hydrogens is 256 g/mol. The molecule has 2 aromatic carbocycles. The van der Waals surface area contributed by atoms with Crippen molar-refractivity contribution in [3.8, 4) is 5.69 Å². The van der Waals surface area contributed by atoms with Crippen LogP contribution in [-0.4, -0.2) is 9.55 Å². The number of hydrogen-bond donors (Lipinski definition) is 1. The third-order valence-electron chi connectivity index (χ3n) is 3.10. The Balaban J connectivity index is 2.39. The molecule has 0 aliphatic rings. The van der Waals surface area contributed by atoms with Crippen LogP contribution in [0.25, 0.3) is 16.6 Å². The van der Waals surface area contributed by atoms with Crippen molar-refractivity contribution in [3.05, 3.63) is 69.2 Å². The summed E-state index contributed by atoms with van der Waals surface area (Å²) in [6.45, 7) is 2.01. The van der Waals surface area contributed by atoms with Crippen LogP contribution in [0.4, 0.5) is 0 Å². The summed E-state index contributed by atoms with van der Waals surface area (Å²) in [4.78, 5) is 15.6. The number of aromatic nitrogens is 2. The van der Waals surface area contributed by atoms with Crippen LogP contribution < -0.4 is 5.56 Å². The van der Waals surface area contributed by atoms with Gasteiger partial charge in [0.1, 0.15) is 0 Å². The quantitative estimate of drug-likeness (QED) is 0.687. The molecule has 19 heavy (non-hydrogen) atoms. The van der Waals surface area contributed by atoms with E-state index in [0.29, 0.717) is 10.2 Å². The number of aromatic amines is 1. The lowest BCUT2D eigenvalue weighted by Crippen LogP contribution is -2.20. The van der Waals surface area contributed by atoms with E-state index in [2.05, 4.69) is 4.98 Å². The topological polar surface area (TPSA) is 37.8 Å². The molecule has 0 unspecified atom stereocenters. The molecule has 0 bridgehead atoms. The lowest BCUT2D eigenvalue weighted by molar-refractivity contribution is 0.939. The fourth-order valence-electron chi connectivity index (χ4n) is 2.09. The summed E-state index contributed by atoms with van der Waals surface area (Å²) in [7, 11) is 0. The fraction of sp³-hybridized carbons (Fsp3) is 0.0667. The number of hydrogen-bond acceptors (Lipinski definition) is 2. The van der Waals surface area contributed by atoms with E-state index in [-0.39, 0.29) is 5.56 Å². The molecule has 1 aromatic heterocycles. The molecule has 0 atom stereocenters. The summed E-state index contributed by atoms with van der Waals surface area (Å²) in [5, 5.41) is 0.636. The Morgan fingerprint density at radius 3 is 2.47 bits per heavy atom. The fourth-order valence-corrected chi connectivity index (χ4v) is 2.39. The molecule has 3 aromatic rings. The minimum Gasteiger partial charge on any atom is -0.331 e. The molecule has 3 rings (SSSR count). The van der Waals surface area contributed by atoms with Gasteiger partial charge in [-0.2, -0.15) is 0 Å². The minimum atomic E-state index is -0.0943. The molecule has 0 saturated carbocycles. The monoisotopic (exact) mass is 268 g/mol. The van der Waals surface area contributed by atoms with Gasteiger partial charge in [0.2, 0.25) is 0 Å². The van der Waals surface area contributed by atoms with Gasteiger partial charge in [-0.15, -0.1) is 0 Å². The van der Waals surface area contributed by atoms with Crippen LogP contribution in [0.15, 0.2) is 53.3 Å². The first-order valence-corrected chi connectivity index (χ1v) is 6.39. The van der Waals surface area contributed by atoms with Gasteiger partial charge in [-0.1, -0.05) is 29.8 Å². The molecule has 0 radical (unpaired) electrons. The van der Waals surface area contributed by atoms with Gasteiger partial charge in [-0.25, -0.2) is 0 Å². The summed E-state index contributed by atoms with van der Waals surface area (Å²) in [5.41, 5.74) is 2.60. The molecule has 0 aliphatic heterocycles. The molecule has 0 aliphatic carbocycles. The molecule has 0 fully saturated rings. The molecule has 3 nitrogen and oxygen atoms in total. The van der Waals surface area contributed by atoms with Gasteiger partial charge in [0.15, 0.2) is 4.77 Å². The Morgan fingerprint density at radius 2 is 1.74 bits per heavy atom. The van der Waals surface area contributed by atoms with Crippen molar-refractivity contribution in [1.29, 1.82) is 0 Å². The van der Waals surface area contributed by atoms with Gasteiger partial charge in [-0.05, 0) is 43.4 Å².